The fourth-order valence-electron chi connectivity index (χ4n) is 1.77. The SMILES string of the molecule is CC.CC(C)CN.Cc1c(CC(=O)O)c(=O)oc2cc(N)ccc12. The minimum absolute atomic E-state index is 0.176. The highest BCUT2D eigenvalue weighted by atomic mass is 16.4. The maximum atomic E-state index is 11.6. The molecule has 2 aromatic rings. The van der Waals surface area contributed by atoms with Crippen LogP contribution in [0.5, 0.6) is 0 Å². The minimum Gasteiger partial charge on any atom is -0.481 e. The monoisotopic (exact) mass is 336 g/mol. The molecule has 5 N–H and O–H groups in total. The number of hydrogen-bond donors (Lipinski definition) is 3. The quantitative estimate of drug-likeness (QED) is 0.585. The second-order valence-corrected chi connectivity index (χ2v) is 5.45. The molecule has 134 valence electrons. The Morgan fingerprint density at radius 2 is 1.83 bits per heavy atom. The van der Waals surface area contributed by atoms with Gasteiger partial charge in [0, 0.05) is 17.1 Å². The third-order valence-corrected chi connectivity index (χ3v) is 3.11. The highest BCUT2D eigenvalue weighted by Gasteiger charge is 2.14. The van der Waals surface area contributed by atoms with Crippen LogP contribution in [0.15, 0.2) is 27.4 Å². The molecule has 0 amide bonds. The van der Waals surface area contributed by atoms with Crippen molar-refractivity contribution in [2.75, 3.05) is 12.3 Å². The van der Waals surface area contributed by atoms with Crippen LogP contribution in [-0.4, -0.2) is 17.6 Å². The molecule has 6 heteroatoms. The minimum atomic E-state index is -1.06. The Hall–Kier alpha value is -2.34. The number of fused-ring (bicyclic) bond motifs is 1. The van der Waals surface area contributed by atoms with Crippen molar-refractivity contribution in [2.45, 2.75) is 41.0 Å². The first-order valence-electron chi connectivity index (χ1n) is 8.00. The number of nitrogen functional groups attached to an aromatic ring is 1. The van der Waals surface area contributed by atoms with Gasteiger partial charge in [-0.25, -0.2) is 4.79 Å². The molecular weight excluding hydrogens is 308 g/mol. The number of benzene rings is 1. The van der Waals surface area contributed by atoms with Crippen molar-refractivity contribution in [3.05, 3.63) is 39.7 Å². The van der Waals surface area contributed by atoms with E-state index >= 15 is 0 Å². The Morgan fingerprint density at radius 1 is 1.29 bits per heavy atom. The molecule has 0 spiro atoms. The van der Waals surface area contributed by atoms with E-state index in [1.54, 1.807) is 25.1 Å². The lowest BCUT2D eigenvalue weighted by Crippen LogP contribution is -2.14. The number of aliphatic carboxylic acids is 1. The lowest BCUT2D eigenvalue weighted by molar-refractivity contribution is -0.136. The van der Waals surface area contributed by atoms with E-state index < -0.39 is 11.6 Å². The Morgan fingerprint density at radius 3 is 2.29 bits per heavy atom. The highest BCUT2D eigenvalue weighted by Crippen LogP contribution is 2.21. The van der Waals surface area contributed by atoms with E-state index in [2.05, 4.69) is 13.8 Å². The number of carboxylic acid groups (broad SMARTS) is 1. The average Bonchev–Trinajstić information content (AvgIpc) is 2.53. The average molecular weight is 336 g/mol. The van der Waals surface area contributed by atoms with Crippen molar-refractivity contribution in [2.24, 2.45) is 11.7 Å². The van der Waals surface area contributed by atoms with Gasteiger partial charge in [0.2, 0.25) is 0 Å². The molecule has 1 heterocycles. The molecule has 24 heavy (non-hydrogen) atoms. The smallest absolute Gasteiger partial charge is 0.340 e. The molecule has 0 bridgehead atoms. The molecule has 1 aromatic heterocycles. The van der Waals surface area contributed by atoms with Crippen molar-refractivity contribution in [1.82, 2.24) is 0 Å². The number of carbonyl (C=O) groups is 1. The normalized spacial score (nSPS) is 9.79. The summed E-state index contributed by atoms with van der Waals surface area (Å²) in [6, 6.07) is 4.95. The number of rotatable bonds is 3. The first-order valence-corrected chi connectivity index (χ1v) is 8.00. The van der Waals surface area contributed by atoms with Gasteiger partial charge in [-0.1, -0.05) is 27.7 Å². The summed E-state index contributed by atoms with van der Waals surface area (Å²) in [5.41, 5.74) is 11.8. The summed E-state index contributed by atoms with van der Waals surface area (Å²) in [6.45, 7) is 10.7. The topological polar surface area (TPSA) is 120 Å². The third kappa shape index (κ3) is 6.42. The summed E-state index contributed by atoms with van der Waals surface area (Å²) in [5, 5.41) is 9.44. The van der Waals surface area contributed by atoms with Crippen molar-refractivity contribution >= 4 is 22.6 Å². The second kappa shape index (κ2) is 10.4. The predicted molar refractivity (Wildman–Crippen MR) is 98.2 cm³/mol. The Bertz CT molecular complexity index is 721. The van der Waals surface area contributed by atoms with E-state index in [0.717, 1.165) is 6.54 Å². The molecule has 0 saturated carbocycles. The Kier molecular flexibility index (Phi) is 9.42. The lowest BCUT2D eigenvalue weighted by atomic mass is 10.0. The number of nitrogens with two attached hydrogens (primary N) is 2. The molecule has 1 aromatic carbocycles. The standard InChI is InChI=1S/C12H11NO4.C4H11N.C2H6/c1-6-8-3-2-7(13)4-10(8)17-12(16)9(6)5-11(14)15;1-4(2)3-5;1-2/h2-4H,5,13H2,1H3,(H,14,15);4H,3,5H2,1-2H3;1-2H3. The largest absolute Gasteiger partial charge is 0.481 e. The highest BCUT2D eigenvalue weighted by molar-refractivity contribution is 5.84. The molecule has 2 rings (SSSR count). The maximum absolute atomic E-state index is 11.6. The number of aryl methyl sites for hydroxylation is 1. The van der Waals surface area contributed by atoms with E-state index in [0.29, 0.717) is 28.1 Å². The van der Waals surface area contributed by atoms with E-state index in [4.69, 9.17) is 21.0 Å². The van der Waals surface area contributed by atoms with Gasteiger partial charge >= 0.3 is 11.6 Å². The van der Waals surface area contributed by atoms with Gasteiger partial charge in [0.05, 0.1) is 12.0 Å². The fraction of sp³-hybridized carbons (Fsp3) is 0.444. The number of anilines is 1. The Labute approximate surface area is 142 Å². The number of carboxylic acids is 1. The Balaban J connectivity index is 0.000000650. The molecule has 0 aliphatic heterocycles. The molecule has 0 aliphatic carbocycles. The van der Waals surface area contributed by atoms with Gasteiger partial charge in [-0.2, -0.15) is 0 Å². The molecule has 0 saturated heterocycles. The van der Waals surface area contributed by atoms with Gasteiger partial charge in [-0.05, 0) is 37.1 Å². The van der Waals surface area contributed by atoms with Crippen molar-refractivity contribution in [1.29, 1.82) is 0 Å². The van der Waals surface area contributed by atoms with Gasteiger partial charge in [-0.15, -0.1) is 0 Å². The second-order valence-electron chi connectivity index (χ2n) is 5.45. The van der Waals surface area contributed by atoms with Crippen LogP contribution in [0, 0.1) is 12.8 Å². The fourth-order valence-corrected chi connectivity index (χ4v) is 1.77. The van der Waals surface area contributed by atoms with Gasteiger partial charge in [-0.3, -0.25) is 4.79 Å². The van der Waals surface area contributed by atoms with Gasteiger partial charge < -0.3 is 21.0 Å². The first-order chi connectivity index (χ1) is 11.3. The molecule has 0 atom stereocenters. The summed E-state index contributed by atoms with van der Waals surface area (Å²) in [6.07, 6.45) is -0.339. The van der Waals surface area contributed by atoms with Crippen molar-refractivity contribution < 1.29 is 14.3 Å². The van der Waals surface area contributed by atoms with E-state index in [-0.39, 0.29) is 12.0 Å². The molecule has 0 fully saturated rings. The summed E-state index contributed by atoms with van der Waals surface area (Å²) in [5.74, 6) is -0.398. The zero-order valence-corrected chi connectivity index (χ0v) is 15.1. The van der Waals surface area contributed by atoms with Crippen LogP contribution >= 0.6 is 0 Å². The summed E-state index contributed by atoms with van der Waals surface area (Å²) >= 11 is 0. The van der Waals surface area contributed by atoms with E-state index in [9.17, 15) is 9.59 Å². The van der Waals surface area contributed by atoms with Crippen LogP contribution in [0.2, 0.25) is 0 Å². The molecule has 6 nitrogen and oxygen atoms in total. The van der Waals surface area contributed by atoms with Crippen LogP contribution in [0.4, 0.5) is 5.69 Å². The third-order valence-electron chi connectivity index (χ3n) is 3.11. The molecular formula is C18H28N2O4. The van der Waals surface area contributed by atoms with Gasteiger partial charge in [0.15, 0.2) is 0 Å². The van der Waals surface area contributed by atoms with E-state index in [1.807, 2.05) is 13.8 Å². The first kappa shape index (κ1) is 21.7. The van der Waals surface area contributed by atoms with Gasteiger partial charge in [0.1, 0.15) is 5.58 Å². The van der Waals surface area contributed by atoms with Crippen LogP contribution in [0.1, 0.15) is 38.8 Å². The maximum Gasteiger partial charge on any atom is 0.340 e. The molecule has 0 aliphatic rings. The predicted octanol–water partition coefficient (Wildman–Crippen LogP) is 2.94. The van der Waals surface area contributed by atoms with Crippen LogP contribution < -0.4 is 17.1 Å². The summed E-state index contributed by atoms with van der Waals surface area (Å²) < 4.78 is 5.06. The zero-order chi connectivity index (χ0) is 18.9. The van der Waals surface area contributed by atoms with Crippen LogP contribution in [-0.2, 0) is 11.2 Å². The van der Waals surface area contributed by atoms with Crippen LogP contribution in [0.25, 0.3) is 11.0 Å². The van der Waals surface area contributed by atoms with Gasteiger partial charge in [0.25, 0.3) is 0 Å². The van der Waals surface area contributed by atoms with E-state index in [1.165, 1.54) is 0 Å². The van der Waals surface area contributed by atoms with Crippen molar-refractivity contribution in [3.63, 3.8) is 0 Å². The lowest BCUT2D eigenvalue weighted by Gasteiger charge is -2.06. The number of hydrogen-bond acceptors (Lipinski definition) is 5. The molecule has 0 radical (unpaired) electrons. The summed E-state index contributed by atoms with van der Waals surface area (Å²) in [4.78, 5) is 22.3. The van der Waals surface area contributed by atoms with Crippen LogP contribution in [0.3, 0.4) is 0 Å². The summed E-state index contributed by atoms with van der Waals surface area (Å²) in [7, 11) is 0. The zero-order valence-electron chi connectivity index (χ0n) is 15.1. The van der Waals surface area contributed by atoms with Crippen molar-refractivity contribution in [3.8, 4) is 0 Å². The molecule has 0 unspecified atom stereocenters.